The molecule has 2 radical (unpaired) electrons. The van der Waals surface area contributed by atoms with E-state index in [4.69, 9.17) is 0 Å². The van der Waals surface area contributed by atoms with Gasteiger partial charge in [-0.3, -0.25) is 0 Å². The van der Waals surface area contributed by atoms with Crippen molar-refractivity contribution in [3.63, 3.8) is 0 Å². The summed E-state index contributed by atoms with van der Waals surface area (Å²) in [6.45, 7) is 4.60. The van der Waals surface area contributed by atoms with Crippen LogP contribution in [-0.2, 0) is 0 Å². The topological polar surface area (TPSA) is 0 Å². The molecule has 0 bridgehead atoms. The van der Waals surface area contributed by atoms with Crippen molar-refractivity contribution in [3.05, 3.63) is 0 Å². The van der Waals surface area contributed by atoms with E-state index in [0.29, 0.717) is 0 Å². The maximum atomic E-state index is 2.30. The Hall–Kier alpha value is 0.922. The first-order chi connectivity index (χ1) is 2.41. The summed E-state index contributed by atoms with van der Waals surface area (Å²) in [7, 11) is 0. The molecule has 0 saturated carbocycles. The van der Waals surface area contributed by atoms with Gasteiger partial charge in [-0.2, -0.15) is 0 Å². The van der Waals surface area contributed by atoms with Crippen LogP contribution in [0.1, 0.15) is 13.8 Å². The average molecular weight is 265 g/mol. The molecule has 0 rings (SSSR count). The van der Waals surface area contributed by atoms with Crippen molar-refractivity contribution in [2.24, 2.45) is 0 Å². The van der Waals surface area contributed by atoms with Gasteiger partial charge in [-0.1, -0.05) is 0 Å². The van der Waals surface area contributed by atoms with Gasteiger partial charge in [-0.15, -0.1) is 0 Å². The summed E-state index contributed by atoms with van der Waals surface area (Å²) < 4.78 is 3.08. The summed E-state index contributed by atoms with van der Waals surface area (Å²) in [5.41, 5.74) is 0. The van der Waals surface area contributed by atoms with Crippen LogP contribution in [0.15, 0.2) is 0 Å². The van der Waals surface area contributed by atoms with E-state index in [1.807, 2.05) is 0 Å². The number of hydrogen-bond donors (Lipinski definition) is 0. The van der Waals surface area contributed by atoms with Gasteiger partial charge >= 0.3 is 46.0 Å². The van der Waals surface area contributed by atoms with Crippen molar-refractivity contribution in [2.45, 2.75) is 21.8 Å². The molecule has 0 unspecified atom stereocenters. The summed E-state index contributed by atoms with van der Waals surface area (Å²) in [5, 5.41) is 0. The van der Waals surface area contributed by atoms with Crippen LogP contribution in [0.3, 0.4) is 0 Å². The van der Waals surface area contributed by atoms with Gasteiger partial charge in [0.15, 0.2) is 0 Å². The standard InChI is InChI=1S/2C2H5.Pb/c2*1-2;/h2*1H2,2H3;. The van der Waals surface area contributed by atoms with Crippen molar-refractivity contribution in [1.29, 1.82) is 0 Å². The first-order valence-electron chi connectivity index (χ1n) is 2.12. The van der Waals surface area contributed by atoms with Gasteiger partial charge in [0.25, 0.3) is 0 Å². The Morgan fingerprint density at radius 1 is 1.20 bits per heavy atom. The van der Waals surface area contributed by atoms with Crippen molar-refractivity contribution in [2.75, 3.05) is 0 Å². The van der Waals surface area contributed by atoms with Crippen LogP contribution in [0.2, 0.25) is 7.96 Å². The zero-order chi connectivity index (χ0) is 4.12. The van der Waals surface area contributed by atoms with Crippen molar-refractivity contribution < 1.29 is 0 Å². The molecule has 30 valence electrons. The number of rotatable bonds is 2. The minimum atomic E-state index is 0.0494. The van der Waals surface area contributed by atoms with E-state index < -0.39 is 0 Å². The fourth-order valence-corrected chi connectivity index (χ4v) is 2.19. The normalized spacial score (nSPS) is 8.40. The second-order valence-electron chi connectivity index (χ2n) is 0.957. The Morgan fingerprint density at radius 3 is 1.60 bits per heavy atom. The van der Waals surface area contributed by atoms with Crippen LogP contribution in [-0.4, -0.2) is 24.2 Å². The van der Waals surface area contributed by atoms with E-state index in [1.165, 1.54) is 7.96 Å². The van der Waals surface area contributed by atoms with E-state index >= 15 is 0 Å². The fourth-order valence-electron chi connectivity index (χ4n) is 0.250. The zero-order valence-corrected chi connectivity index (χ0v) is 7.80. The second-order valence-corrected chi connectivity index (χ2v) is 8.40. The maximum absolute atomic E-state index is 2.30. The molecule has 0 aromatic heterocycles. The molecular weight excluding hydrogens is 255 g/mol. The molecule has 0 amide bonds. The Morgan fingerprint density at radius 2 is 1.60 bits per heavy atom. The van der Waals surface area contributed by atoms with Gasteiger partial charge in [0.05, 0.1) is 0 Å². The summed E-state index contributed by atoms with van der Waals surface area (Å²) in [6.07, 6.45) is 0. The van der Waals surface area contributed by atoms with Gasteiger partial charge in [0.2, 0.25) is 0 Å². The molecule has 5 heavy (non-hydrogen) atoms. The van der Waals surface area contributed by atoms with E-state index in [2.05, 4.69) is 13.8 Å². The molecule has 0 spiro atoms. The van der Waals surface area contributed by atoms with E-state index in [1.54, 1.807) is 0 Å². The van der Waals surface area contributed by atoms with Gasteiger partial charge in [0.1, 0.15) is 0 Å². The Kier molecular flexibility index (Phi) is 5.83. The molecular formula is C4H10Pb. The Bertz CT molecular complexity index is 11.1. The Balaban J connectivity index is 2.19. The molecule has 0 aliphatic heterocycles. The van der Waals surface area contributed by atoms with Crippen molar-refractivity contribution in [3.8, 4) is 0 Å². The van der Waals surface area contributed by atoms with E-state index in [-0.39, 0.29) is 24.2 Å². The predicted octanol–water partition coefficient (Wildman–Crippen LogP) is 1.57. The average Bonchev–Trinajstić information content (AvgIpc) is 1.41. The fraction of sp³-hybridized carbons (Fsp3) is 1.00. The van der Waals surface area contributed by atoms with E-state index in [9.17, 15) is 0 Å². The van der Waals surface area contributed by atoms with Gasteiger partial charge in [0, 0.05) is 0 Å². The molecule has 1 heteroatoms. The predicted molar refractivity (Wildman–Crippen MR) is 26.7 cm³/mol. The van der Waals surface area contributed by atoms with Crippen LogP contribution < -0.4 is 0 Å². The third-order valence-corrected chi connectivity index (χ3v) is 4.39. The molecule has 0 heterocycles. The monoisotopic (exact) mass is 266 g/mol. The van der Waals surface area contributed by atoms with Gasteiger partial charge in [-0.25, -0.2) is 0 Å². The van der Waals surface area contributed by atoms with Gasteiger partial charge in [-0.05, 0) is 0 Å². The molecule has 0 N–H and O–H groups in total. The molecule has 0 aliphatic rings. The van der Waals surface area contributed by atoms with Crippen LogP contribution in [0.5, 0.6) is 0 Å². The number of hydrogen-bond acceptors (Lipinski definition) is 0. The molecule has 0 atom stereocenters. The minimum absolute atomic E-state index is 0.0494. The van der Waals surface area contributed by atoms with Crippen LogP contribution in [0, 0.1) is 0 Å². The summed E-state index contributed by atoms with van der Waals surface area (Å²) in [5.74, 6) is 0. The van der Waals surface area contributed by atoms with Crippen LogP contribution in [0.25, 0.3) is 0 Å². The first kappa shape index (κ1) is 5.92. The molecule has 0 nitrogen and oxygen atoms in total. The van der Waals surface area contributed by atoms with Crippen molar-refractivity contribution >= 4 is 24.2 Å². The Labute approximate surface area is 46.2 Å². The molecule has 0 fully saturated rings. The molecule has 0 saturated heterocycles. The third-order valence-electron chi connectivity index (χ3n) is 0.500. The first-order valence-corrected chi connectivity index (χ1v) is 7.62. The SMILES string of the molecule is C[CH2][Pb][CH2]C. The van der Waals surface area contributed by atoms with Crippen molar-refractivity contribution in [1.82, 2.24) is 0 Å². The van der Waals surface area contributed by atoms with E-state index in [0.717, 1.165) is 0 Å². The molecule has 0 aromatic rings. The zero-order valence-electron chi connectivity index (χ0n) is 3.91. The third kappa shape index (κ3) is 4.92. The summed E-state index contributed by atoms with van der Waals surface area (Å²) >= 11 is 0.0494. The molecule has 0 aromatic carbocycles. The molecule has 0 aliphatic carbocycles. The van der Waals surface area contributed by atoms with Gasteiger partial charge < -0.3 is 0 Å². The van der Waals surface area contributed by atoms with Crippen LogP contribution in [0.4, 0.5) is 0 Å². The summed E-state index contributed by atoms with van der Waals surface area (Å²) in [6, 6.07) is 0. The van der Waals surface area contributed by atoms with Crippen LogP contribution >= 0.6 is 0 Å². The quantitative estimate of drug-likeness (QED) is 0.665. The summed E-state index contributed by atoms with van der Waals surface area (Å²) in [4.78, 5) is 0. The second kappa shape index (κ2) is 4.92.